The van der Waals surface area contributed by atoms with E-state index in [-0.39, 0.29) is 0 Å². The SMILES string of the molecule is O=C(C(F)(F)C(F)(C(=O)C(F)(F)C(F)(C(=O)C(F)(F)C(F)(F)C(F)(F)F)C(F)(F)F)C(F)(F)F)C(F)(CCO)C(F)(F)F. The standard InChI is InChI=1S/C16H5F23O4/c17-6(1-2-40,13(28,29)30)3(41)9(20,21)7(18,14(31,32)33)4(42)10(22,23)8(19,15(34,35)36)5(43)11(24,25)12(26,27)16(37,38)39/h40H,1-2H2. The molecule has 0 aliphatic heterocycles. The Balaban J connectivity index is 7.91. The lowest BCUT2D eigenvalue weighted by Gasteiger charge is -2.41. The molecule has 0 saturated heterocycles. The third kappa shape index (κ3) is 5.45. The van der Waals surface area contributed by atoms with Crippen LogP contribution in [0.5, 0.6) is 0 Å². The van der Waals surface area contributed by atoms with Gasteiger partial charge in [0.25, 0.3) is 23.0 Å². The molecule has 27 heteroatoms. The van der Waals surface area contributed by atoms with E-state index in [1.54, 1.807) is 0 Å². The van der Waals surface area contributed by atoms with E-state index in [4.69, 9.17) is 5.11 Å². The molecule has 254 valence electrons. The average molecular weight is 698 g/mol. The molecule has 0 aliphatic carbocycles. The molecule has 0 heterocycles. The molecule has 0 spiro atoms. The molecule has 0 amide bonds. The van der Waals surface area contributed by atoms with Gasteiger partial charge < -0.3 is 5.11 Å². The Labute approximate surface area is 217 Å². The van der Waals surface area contributed by atoms with E-state index >= 15 is 0 Å². The van der Waals surface area contributed by atoms with Crippen molar-refractivity contribution in [3.05, 3.63) is 0 Å². The molecule has 3 unspecified atom stereocenters. The van der Waals surface area contributed by atoms with Crippen molar-refractivity contribution in [3.8, 4) is 0 Å². The van der Waals surface area contributed by atoms with E-state index in [0.717, 1.165) is 0 Å². The van der Waals surface area contributed by atoms with Gasteiger partial charge in [-0.05, 0) is 0 Å². The second-order valence-electron chi connectivity index (χ2n) is 7.87. The Morgan fingerprint density at radius 1 is 0.395 bits per heavy atom. The molecule has 0 aromatic heterocycles. The van der Waals surface area contributed by atoms with Crippen molar-refractivity contribution in [1.29, 1.82) is 0 Å². The van der Waals surface area contributed by atoms with E-state index in [9.17, 15) is 115 Å². The fourth-order valence-electron chi connectivity index (χ4n) is 2.75. The molecule has 0 aliphatic rings. The van der Waals surface area contributed by atoms with Crippen molar-refractivity contribution in [2.45, 2.75) is 71.8 Å². The van der Waals surface area contributed by atoms with Crippen LogP contribution in [0, 0.1) is 0 Å². The van der Waals surface area contributed by atoms with E-state index in [1.807, 2.05) is 0 Å². The van der Waals surface area contributed by atoms with Crippen molar-refractivity contribution in [1.82, 2.24) is 0 Å². The molecule has 0 bridgehead atoms. The van der Waals surface area contributed by atoms with Gasteiger partial charge in [-0.1, -0.05) is 0 Å². The lowest BCUT2D eigenvalue weighted by Crippen LogP contribution is -2.77. The Kier molecular flexibility index (Phi) is 9.83. The number of carbonyl (C=O) groups is 3. The number of aliphatic hydroxyl groups excluding tert-OH is 1. The van der Waals surface area contributed by atoms with Gasteiger partial charge >= 0.3 is 59.7 Å². The molecular formula is C16H5F23O4. The van der Waals surface area contributed by atoms with E-state index in [1.165, 1.54) is 0 Å². The highest BCUT2D eigenvalue weighted by Gasteiger charge is 2.93. The lowest BCUT2D eigenvalue weighted by atomic mass is 9.75. The van der Waals surface area contributed by atoms with Crippen LogP contribution in [0.2, 0.25) is 0 Å². The summed E-state index contributed by atoms with van der Waals surface area (Å²) in [6.07, 6.45) is -35.9. The summed E-state index contributed by atoms with van der Waals surface area (Å²) in [4.78, 5) is 34.1. The Morgan fingerprint density at radius 3 is 0.907 bits per heavy atom. The van der Waals surface area contributed by atoms with Crippen molar-refractivity contribution in [2.24, 2.45) is 0 Å². The number of alkyl halides is 23. The van der Waals surface area contributed by atoms with Crippen molar-refractivity contribution >= 4 is 17.3 Å². The molecule has 0 radical (unpaired) electrons. The normalized spacial score (nSPS) is 19.3. The monoisotopic (exact) mass is 698 g/mol. The summed E-state index contributed by atoms with van der Waals surface area (Å²) in [7, 11) is 0. The van der Waals surface area contributed by atoms with Crippen LogP contribution in [-0.4, -0.2) is 94.5 Å². The van der Waals surface area contributed by atoms with Crippen molar-refractivity contribution < 1.29 is 120 Å². The minimum atomic E-state index is -9.09. The lowest BCUT2D eigenvalue weighted by molar-refractivity contribution is -0.355. The Bertz CT molecular complexity index is 1100. The summed E-state index contributed by atoms with van der Waals surface area (Å²) < 4.78 is 306. The summed E-state index contributed by atoms with van der Waals surface area (Å²) in [5.41, 5.74) is -24.7. The van der Waals surface area contributed by atoms with Crippen LogP contribution in [0.25, 0.3) is 0 Å². The maximum atomic E-state index is 14.6. The second kappa shape index (κ2) is 10.5. The van der Waals surface area contributed by atoms with Gasteiger partial charge in [0, 0.05) is 13.0 Å². The van der Waals surface area contributed by atoms with E-state index in [2.05, 4.69) is 0 Å². The molecule has 4 nitrogen and oxygen atoms in total. The number of hydrogen-bond acceptors (Lipinski definition) is 4. The fraction of sp³-hybridized carbons (Fsp3) is 0.812. The number of hydrogen-bond donors (Lipinski definition) is 1. The average Bonchev–Trinajstić information content (AvgIpc) is 2.77. The van der Waals surface area contributed by atoms with Gasteiger partial charge in [-0.15, -0.1) is 0 Å². The van der Waals surface area contributed by atoms with Gasteiger partial charge in [-0.2, -0.15) is 87.8 Å². The van der Waals surface area contributed by atoms with Crippen LogP contribution in [0.4, 0.5) is 101 Å². The van der Waals surface area contributed by atoms with Crippen LogP contribution >= 0.6 is 0 Å². The molecule has 3 atom stereocenters. The first kappa shape index (κ1) is 40.4. The zero-order chi connectivity index (χ0) is 35.6. The second-order valence-corrected chi connectivity index (χ2v) is 7.87. The number of ketones is 3. The fourth-order valence-corrected chi connectivity index (χ4v) is 2.75. The van der Waals surface area contributed by atoms with Gasteiger partial charge in [0.15, 0.2) is 0 Å². The first-order chi connectivity index (χ1) is 18.3. The van der Waals surface area contributed by atoms with Crippen molar-refractivity contribution in [3.63, 3.8) is 0 Å². The van der Waals surface area contributed by atoms with Crippen LogP contribution in [0.15, 0.2) is 0 Å². The number of aliphatic hydroxyl groups is 1. The first-order valence-corrected chi connectivity index (χ1v) is 9.38. The molecule has 1 N–H and O–H groups in total. The van der Waals surface area contributed by atoms with Gasteiger partial charge in [-0.25, -0.2) is 13.2 Å². The maximum absolute atomic E-state index is 14.6. The van der Waals surface area contributed by atoms with Crippen LogP contribution in [0.3, 0.4) is 0 Å². The quantitative estimate of drug-likeness (QED) is 0.270. The van der Waals surface area contributed by atoms with Crippen molar-refractivity contribution in [2.75, 3.05) is 6.61 Å². The smallest absolute Gasteiger partial charge is 0.396 e. The van der Waals surface area contributed by atoms with Gasteiger partial charge in [0.2, 0.25) is 0 Å². The number of carbonyl (C=O) groups excluding carboxylic acids is 3. The zero-order valence-corrected chi connectivity index (χ0v) is 18.8. The summed E-state index contributed by atoms with van der Waals surface area (Å²) in [6.45, 7) is -2.55. The molecule has 0 fully saturated rings. The highest BCUT2D eigenvalue weighted by Crippen LogP contribution is 2.59. The van der Waals surface area contributed by atoms with E-state index < -0.39 is 95.8 Å². The van der Waals surface area contributed by atoms with Gasteiger partial charge in [0.1, 0.15) is 0 Å². The van der Waals surface area contributed by atoms with E-state index in [0.29, 0.717) is 0 Å². The third-order valence-corrected chi connectivity index (χ3v) is 5.14. The largest absolute Gasteiger partial charge is 0.460 e. The summed E-state index contributed by atoms with van der Waals surface area (Å²) in [5.74, 6) is -52.8. The summed E-state index contributed by atoms with van der Waals surface area (Å²) >= 11 is 0. The number of Topliss-reactive ketones (excluding diaryl/α,β-unsaturated/α-hetero) is 3. The summed E-state index contributed by atoms with van der Waals surface area (Å²) in [6, 6.07) is 0. The Hall–Kier alpha value is -2.64. The predicted molar refractivity (Wildman–Crippen MR) is 82.2 cm³/mol. The molecule has 0 aromatic rings. The van der Waals surface area contributed by atoms with Crippen LogP contribution in [-0.2, 0) is 14.4 Å². The third-order valence-electron chi connectivity index (χ3n) is 5.14. The first-order valence-electron chi connectivity index (χ1n) is 9.38. The van der Waals surface area contributed by atoms with Crippen LogP contribution < -0.4 is 0 Å². The number of halogens is 23. The highest BCUT2D eigenvalue weighted by atomic mass is 19.4. The zero-order valence-electron chi connectivity index (χ0n) is 18.8. The molecular weight excluding hydrogens is 693 g/mol. The summed E-state index contributed by atoms with van der Waals surface area (Å²) in [5, 5.41) is 8.27. The minimum Gasteiger partial charge on any atom is -0.396 e. The Morgan fingerprint density at radius 2 is 0.674 bits per heavy atom. The topological polar surface area (TPSA) is 71.4 Å². The molecule has 0 saturated carbocycles. The number of rotatable bonds is 11. The molecule has 0 aromatic carbocycles. The minimum absolute atomic E-state index is 2.55. The molecule has 0 rings (SSSR count). The molecule has 43 heavy (non-hydrogen) atoms. The predicted octanol–water partition coefficient (Wildman–Crippen LogP) is 5.99. The maximum Gasteiger partial charge on any atom is 0.460 e. The van der Waals surface area contributed by atoms with Gasteiger partial charge in [0.05, 0.1) is 0 Å². The highest BCUT2D eigenvalue weighted by molar-refractivity contribution is 6.09. The van der Waals surface area contributed by atoms with Crippen LogP contribution in [0.1, 0.15) is 6.42 Å². The van der Waals surface area contributed by atoms with Gasteiger partial charge in [-0.3, -0.25) is 14.4 Å².